The molecule has 1 aliphatic rings. The maximum absolute atomic E-state index is 12.2. The van der Waals surface area contributed by atoms with Crippen LogP contribution in [0.25, 0.3) is 0 Å². The Balaban J connectivity index is 2.05. The van der Waals surface area contributed by atoms with Gasteiger partial charge < -0.3 is 19.3 Å². The van der Waals surface area contributed by atoms with Gasteiger partial charge in [0.2, 0.25) is 0 Å². The zero-order valence-corrected chi connectivity index (χ0v) is 10.7. The third kappa shape index (κ3) is 3.78. The minimum Gasteiger partial charge on any atom is -0.480 e. The van der Waals surface area contributed by atoms with Gasteiger partial charge in [-0.25, -0.2) is 0 Å². The van der Waals surface area contributed by atoms with E-state index >= 15 is 0 Å². The van der Waals surface area contributed by atoms with Gasteiger partial charge in [0, 0.05) is 19.7 Å². The summed E-state index contributed by atoms with van der Waals surface area (Å²) >= 11 is 0. The maximum Gasteiger partial charge on any atom is 0.323 e. The number of hydrogen-bond donors (Lipinski definition) is 1. The van der Waals surface area contributed by atoms with Crippen LogP contribution in [0.5, 0.6) is 0 Å². The molecule has 0 unspecified atom stereocenters. The molecule has 1 heterocycles. The van der Waals surface area contributed by atoms with Crippen LogP contribution in [0.2, 0.25) is 0 Å². The van der Waals surface area contributed by atoms with Gasteiger partial charge in [0.15, 0.2) is 11.5 Å². The van der Waals surface area contributed by atoms with Crippen LogP contribution in [-0.4, -0.2) is 47.2 Å². The first-order chi connectivity index (χ1) is 9.10. The lowest BCUT2D eigenvalue weighted by Crippen LogP contribution is -2.37. The van der Waals surface area contributed by atoms with Gasteiger partial charge in [-0.3, -0.25) is 9.59 Å². The standard InChI is InChI=1S/C12H16N2O5/c1-18-7-9-4-10(13-19-9)12(17)14(6-11(15)16)5-8-2-3-8/h4,8H,2-3,5-7H2,1H3,(H,15,16). The average Bonchev–Trinajstić information content (AvgIpc) is 3.04. The van der Waals surface area contributed by atoms with Crippen LogP contribution in [-0.2, 0) is 16.1 Å². The molecule has 7 heteroatoms. The van der Waals surface area contributed by atoms with Crippen molar-refractivity contribution in [3.63, 3.8) is 0 Å². The smallest absolute Gasteiger partial charge is 0.323 e. The highest BCUT2D eigenvalue weighted by Gasteiger charge is 2.29. The van der Waals surface area contributed by atoms with Crippen LogP contribution in [0.15, 0.2) is 10.6 Å². The molecule has 0 aliphatic heterocycles. The molecule has 1 fully saturated rings. The molecule has 1 aromatic rings. The summed E-state index contributed by atoms with van der Waals surface area (Å²) in [5.74, 6) is -0.601. The molecule has 1 N–H and O–H groups in total. The van der Waals surface area contributed by atoms with E-state index in [1.807, 2.05) is 0 Å². The van der Waals surface area contributed by atoms with E-state index in [4.69, 9.17) is 14.4 Å². The lowest BCUT2D eigenvalue weighted by molar-refractivity contribution is -0.137. The first-order valence-corrected chi connectivity index (χ1v) is 6.05. The number of amides is 1. The molecule has 1 aliphatic carbocycles. The van der Waals surface area contributed by atoms with Crippen molar-refractivity contribution < 1.29 is 24.0 Å². The largest absolute Gasteiger partial charge is 0.480 e. The van der Waals surface area contributed by atoms with Crippen molar-refractivity contribution in [2.75, 3.05) is 20.2 Å². The zero-order chi connectivity index (χ0) is 13.8. The molecule has 1 amide bonds. The second-order valence-electron chi connectivity index (χ2n) is 4.63. The SMILES string of the molecule is COCc1cc(C(=O)N(CC(=O)O)CC2CC2)no1. The van der Waals surface area contributed by atoms with E-state index in [0.29, 0.717) is 18.2 Å². The number of carboxylic acid groups (broad SMARTS) is 1. The van der Waals surface area contributed by atoms with Gasteiger partial charge in [0.25, 0.3) is 5.91 Å². The molecule has 0 radical (unpaired) electrons. The van der Waals surface area contributed by atoms with Gasteiger partial charge in [0.05, 0.1) is 0 Å². The Morgan fingerprint density at radius 1 is 1.58 bits per heavy atom. The normalized spacial score (nSPS) is 14.4. The highest BCUT2D eigenvalue weighted by atomic mass is 16.5. The second-order valence-corrected chi connectivity index (χ2v) is 4.63. The molecular weight excluding hydrogens is 252 g/mol. The summed E-state index contributed by atoms with van der Waals surface area (Å²) in [5, 5.41) is 12.5. The molecule has 0 spiro atoms. The molecule has 2 rings (SSSR count). The summed E-state index contributed by atoms with van der Waals surface area (Å²) in [6, 6.07) is 1.48. The Kier molecular flexibility index (Phi) is 4.16. The monoisotopic (exact) mass is 268 g/mol. The van der Waals surface area contributed by atoms with Crippen LogP contribution >= 0.6 is 0 Å². The number of nitrogens with zero attached hydrogens (tertiary/aromatic N) is 2. The van der Waals surface area contributed by atoms with E-state index in [2.05, 4.69) is 5.16 Å². The van der Waals surface area contributed by atoms with Gasteiger partial charge in [-0.05, 0) is 18.8 Å². The fourth-order valence-electron chi connectivity index (χ4n) is 1.78. The molecule has 7 nitrogen and oxygen atoms in total. The number of carbonyl (C=O) groups is 2. The van der Waals surface area contributed by atoms with Gasteiger partial charge in [-0.15, -0.1) is 0 Å². The van der Waals surface area contributed by atoms with E-state index in [9.17, 15) is 9.59 Å². The van der Waals surface area contributed by atoms with Gasteiger partial charge in [-0.2, -0.15) is 0 Å². The fraction of sp³-hybridized carbons (Fsp3) is 0.583. The molecule has 1 aromatic heterocycles. The van der Waals surface area contributed by atoms with Crippen LogP contribution in [0.3, 0.4) is 0 Å². The number of hydrogen-bond acceptors (Lipinski definition) is 5. The lowest BCUT2D eigenvalue weighted by Gasteiger charge is -2.18. The number of aromatic nitrogens is 1. The van der Waals surface area contributed by atoms with Gasteiger partial charge in [0.1, 0.15) is 13.2 Å². The summed E-state index contributed by atoms with van der Waals surface area (Å²) in [7, 11) is 1.51. The van der Waals surface area contributed by atoms with Crippen molar-refractivity contribution >= 4 is 11.9 Å². The van der Waals surface area contributed by atoms with Crippen molar-refractivity contribution in [3.8, 4) is 0 Å². The van der Waals surface area contributed by atoms with Crippen LogP contribution < -0.4 is 0 Å². The van der Waals surface area contributed by atoms with E-state index in [0.717, 1.165) is 12.8 Å². The van der Waals surface area contributed by atoms with Crippen molar-refractivity contribution in [1.29, 1.82) is 0 Å². The summed E-state index contributed by atoms with van der Waals surface area (Å²) in [4.78, 5) is 24.3. The van der Waals surface area contributed by atoms with Gasteiger partial charge in [-0.1, -0.05) is 5.16 Å². The Hall–Kier alpha value is -1.89. The predicted octanol–water partition coefficient (Wildman–Crippen LogP) is 0.758. The highest BCUT2D eigenvalue weighted by molar-refractivity contribution is 5.94. The molecule has 104 valence electrons. The molecule has 19 heavy (non-hydrogen) atoms. The average molecular weight is 268 g/mol. The summed E-state index contributed by atoms with van der Waals surface area (Å²) in [6.07, 6.45) is 2.08. The number of methoxy groups -OCH3 is 1. The summed E-state index contributed by atoms with van der Waals surface area (Å²) in [5.41, 5.74) is 0.119. The van der Waals surface area contributed by atoms with Crippen LogP contribution in [0.4, 0.5) is 0 Å². The van der Waals surface area contributed by atoms with Crippen LogP contribution in [0.1, 0.15) is 29.1 Å². The number of carbonyl (C=O) groups excluding carboxylic acids is 1. The van der Waals surface area contributed by atoms with E-state index in [1.54, 1.807) is 0 Å². The van der Waals surface area contributed by atoms with Crippen molar-refractivity contribution in [3.05, 3.63) is 17.5 Å². The number of ether oxygens (including phenoxy) is 1. The van der Waals surface area contributed by atoms with E-state index < -0.39 is 11.9 Å². The maximum atomic E-state index is 12.2. The zero-order valence-electron chi connectivity index (χ0n) is 10.7. The third-order valence-corrected chi connectivity index (χ3v) is 2.85. The van der Waals surface area contributed by atoms with Crippen molar-refractivity contribution in [2.45, 2.75) is 19.4 Å². The minimum atomic E-state index is -1.03. The first kappa shape index (κ1) is 13.5. The summed E-state index contributed by atoms with van der Waals surface area (Å²) in [6.45, 7) is 0.362. The fourth-order valence-corrected chi connectivity index (χ4v) is 1.78. The number of aliphatic carboxylic acids is 1. The predicted molar refractivity (Wildman–Crippen MR) is 63.5 cm³/mol. The van der Waals surface area contributed by atoms with Crippen molar-refractivity contribution in [1.82, 2.24) is 10.1 Å². The molecule has 0 saturated heterocycles. The lowest BCUT2D eigenvalue weighted by atomic mass is 10.3. The molecule has 1 saturated carbocycles. The van der Waals surface area contributed by atoms with E-state index in [-0.39, 0.29) is 18.8 Å². The first-order valence-electron chi connectivity index (χ1n) is 6.05. The Morgan fingerprint density at radius 3 is 2.89 bits per heavy atom. The highest BCUT2D eigenvalue weighted by Crippen LogP contribution is 2.30. The molecule has 0 atom stereocenters. The van der Waals surface area contributed by atoms with E-state index in [1.165, 1.54) is 18.1 Å². The Bertz CT molecular complexity index is 466. The Labute approximate surface area is 110 Å². The van der Waals surface area contributed by atoms with Crippen molar-refractivity contribution in [2.24, 2.45) is 5.92 Å². The van der Waals surface area contributed by atoms with Gasteiger partial charge >= 0.3 is 5.97 Å². The molecular formula is C12H16N2O5. The topological polar surface area (TPSA) is 92.9 Å². The minimum absolute atomic E-state index is 0.119. The second kappa shape index (κ2) is 5.83. The molecule has 0 aromatic carbocycles. The number of rotatable bonds is 7. The third-order valence-electron chi connectivity index (χ3n) is 2.85. The quantitative estimate of drug-likeness (QED) is 0.784. The summed E-state index contributed by atoms with van der Waals surface area (Å²) < 4.78 is 9.80. The molecule has 0 bridgehead atoms. The number of carboxylic acids is 1. The van der Waals surface area contributed by atoms with Crippen LogP contribution in [0, 0.1) is 5.92 Å². The Morgan fingerprint density at radius 2 is 2.32 bits per heavy atom.